The number of carboxylic acid groups (broad SMARTS) is 1. The molecule has 1 aromatic carbocycles. The third-order valence-corrected chi connectivity index (χ3v) is 3.18. The Morgan fingerprint density at radius 3 is 2.74 bits per heavy atom. The first-order valence-electron chi connectivity index (χ1n) is 6.12. The van der Waals surface area contributed by atoms with E-state index in [1.54, 1.807) is 0 Å². The zero-order chi connectivity index (χ0) is 13.8. The topological polar surface area (TPSA) is 78.4 Å². The molecule has 1 saturated carbocycles. The molecule has 1 fully saturated rings. The quantitative estimate of drug-likeness (QED) is 0.747. The molecule has 0 aromatic heterocycles. The molecule has 1 aromatic rings. The van der Waals surface area contributed by atoms with Crippen LogP contribution in [-0.4, -0.2) is 29.6 Å². The second-order valence-electron chi connectivity index (χ2n) is 4.53. The molecular formula is C13H15ClN2O3. The van der Waals surface area contributed by atoms with Gasteiger partial charge in [0.05, 0.1) is 16.3 Å². The number of benzene rings is 1. The van der Waals surface area contributed by atoms with E-state index >= 15 is 0 Å². The largest absolute Gasteiger partial charge is 0.478 e. The van der Waals surface area contributed by atoms with Gasteiger partial charge in [0.15, 0.2) is 0 Å². The van der Waals surface area contributed by atoms with Crippen molar-refractivity contribution in [2.24, 2.45) is 0 Å². The molecular weight excluding hydrogens is 268 g/mol. The van der Waals surface area contributed by atoms with Gasteiger partial charge in [0.25, 0.3) is 0 Å². The maximum atomic E-state index is 11.7. The number of rotatable bonds is 6. The molecule has 3 N–H and O–H groups in total. The Hall–Kier alpha value is -1.59. The molecule has 0 bridgehead atoms. The van der Waals surface area contributed by atoms with Gasteiger partial charge in [0.1, 0.15) is 0 Å². The van der Waals surface area contributed by atoms with E-state index in [2.05, 4.69) is 10.6 Å². The summed E-state index contributed by atoms with van der Waals surface area (Å²) in [5.74, 6) is -1.24. The highest BCUT2D eigenvalue weighted by molar-refractivity contribution is 6.33. The fourth-order valence-corrected chi connectivity index (χ4v) is 1.81. The van der Waals surface area contributed by atoms with E-state index in [4.69, 9.17) is 16.7 Å². The SMILES string of the molecule is O=C(CCNC1CC1)Nc1cc(C(=O)O)ccc1Cl. The van der Waals surface area contributed by atoms with Crippen molar-refractivity contribution in [3.8, 4) is 0 Å². The lowest BCUT2D eigenvalue weighted by molar-refractivity contribution is -0.116. The molecule has 5 nitrogen and oxygen atoms in total. The molecule has 0 aliphatic heterocycles. The molecule has 19 heavy (non-hydrogen) atoms. The van der Waals surface area contributed by atoms with Crippen molar-refractivity contribution >= 4 is 29.2 Å². The fourth-order valence-electron chi connectivity index (χ4n) is 1.64. The molecule has 102 valence electrons. The van der Waals surface area contributed by atoms with Crippen LogP contribution in [0.15, 0.2) is 18.2 Å². The number of halogens is 1. The maximum absolute atomic E-state index is 11.7. The summed E-state index contributed by atoms with van der Waals surface area (Å²) >= 11 is 5.92. The average molecular weight is 283 g/mol. The highest BCUT2D eigenvalue weighted by atomic mass is 35.5. The Morgan fingerprint density at radius 1 is 1.37 bits per heavy atom. The number of anilines is 1. The number of hydrogen-bond donors (Lipinski definition) is 3. The van der Waals surface area contributed by atoms with Crippen molar-refractivity contribution in [3.63, 3.8) is 0 Å². The molecule has 0 heterocycles. The number of amides is 1. The summed E-state index contributed by atoms with van der Waals surface area (Å²) in [6.07, 6.45) is 2.69. The van der Waals surface area contributed by atoms with Crippen LogP contribution in [0.25, 0.3) is 0 Å². The summed E-state index contributed by atoms with van der Waals surface area (Å²) in [7, 11) is 0. The molecule has 6 heteroatoms. The van der Waals surface area contributed by atoms with E-state index in [0.717, 1.165) is 0 Å². The van der Waals surface area contributed by atoms with Gasteiger partial charge in [-0.25, -0.2) is 4.79 Å². The van der Waals surface area contributed by atoms with E-state index in [-0.39, 0.29) is 11.5 Å². The maximum Gasteiger partial charge on any atom is 0.335 e. The Kier molecular flexibility index (Phi) is 4.39. The van der Waals surface area contributed by atoms with E-state index in [0.29, 0.717) is 29.7 Å². The van der Waals surface area contributed by atoms with Crippen LogP contribution in [0.3, 0.4) is 0 Å². The fraction of sp³-hybridized carbons (Fsp3) is 0.385. The summed E-state index contributed by atoms with van der Waals surface area (Å²) in [6, 6.07) is 4.78. The third-order valence-electron chi connectivity index (χ3n) is 2.85. The van der Waals surface area contributed by atoms with Crippen molar-refractivity contribution in [3.05, 3.63) is 28.8 Å². The smallest absolute Gasteiger partial charge is 0.335 e. The lowest BCUT2D eigenvalue weighted by Crippen LogP contribution is -2.23. The Labute approximate surface area is 116 Å². The zero-order valence-electron chi connectivity index (χ0n) is 10.3. The molecule has 0 spiro atoms. The minimum atomic E-state index is -1.05. The van der Waals surface area contributed by atoms with Gasteiger partial charge in [-0.1, -0.05) is 11.6 Å². The number of nitrogens with one attached hydrogen (secondary N) is 2. The second-order valence-corrected chi connectivity index (χ2v) is 4.93. The molecule has 0 atom stereocenters. The van der Waals surface area contributed by atoms with Crippen molar-refractivity contribution in [1.82, 2.24) is 5.32 Å². The normalized spacial score (nSPS) is 14.2. The van der Waals surface area contributed by atoms with Crippen molar-refractivity contribution in [2.75, 3.05) is 11.9 Å². The number of carboxylic acids is 1. The first-order valence-corrected chi connectivity index (χ1v) is 6.50. The Bertz CT molecular complexity index is 501. The number of aromatic carboxylic acids is 1. The van der Waals surface area contributed by atoms with Crippen molar-refractivity contribution in [1.29, 1.82) is 0 Å². The highest BCUT2D eigenvalue weighted by Gasteiger charge is 2.20. The number of carbonyl (C=O) groups excluding carboxylic acids is 1. The summed E-state index contributed by atoms with van der Waals surface area (Å²) in [5.41, 5.74) is 0.425. The summed E-state index contributed by atoms with van der Waals surface area (Å²) in [5, 5.41) is 15.1. The van der Waals surface area contributed by atoms with Gasteiger partial charge in [0, 0.05) is 19.0 Å². The lowest BCUT2D eigenvalue weighted by Gasteiger charge is -2.08. The van der Waals surface area contributed by atoms with Crippen LogP contribution in [0, 0.1) is 0 Å². The summed E-state index contributed by atoms with van der Waals surface area (Å²) in [6.45, 7) is 0.618. The van der Waals surface area contributed by atoms with Crippen LogP contribution in [0.4, 0.5) is 5.69 Å². The molecule has 1 aliphatic rings. The van der Waals surface area contributed by atoms with E-state index < -0.39 is 5.97 Å². The molecule has 0 unspecified atom stereocenters. The summed E-state index contributed by atoms with van der Waals surface area (Å²) in [4.78, 5) is 22.5. The van der Waals surface area contributed by atoms with Crippen LogP contribution in [0.5, 0.6) is 0 Å². The lowest BCUT2D eigenvalue weighted by atomic mass is 10.2. The molecule has 1 amide bonds. The van der Waals surface area contributed by atoms with Crippen LogP contribution in [0.2, 0.25) is 5.02 Å². The minimum Gasteiger partial charge on any atom is -0.478 e. The third kappa shape index (κ3) is 4.22. The van der Waals surface area contributed by atoms with Gasteiger partial charge in [-0.3, -0.25) is 4.79 Å². The van der Waals surface area contributed by atoms with Gasteiger partial charge in [-0.05, 0) is 31.0 Å². The summed E-state index contributed by atoms with van der Waals surface area (Å²) < 4.78 is 0. The average Bonchev–Trinajstić information content (AvgIpc) is 3.15. The minimum absolute atomic E-state index is 0.0933. The van der Waals surface area contributed by atoms with Crippen LogP contribution < -0.4 is 10.6 Å². The first-order chi connectivity index (χ1) is 9.06. The van der Waals surface area contributed by atoms with Gasteiger partial charge in [0.2, 0.25) is 5.91 Å². The predicted octanol–water partition coefficient (Wildman–Crippen LogP) is 2.12. The molecule has 2 rings (SSSR count). The van der Waals surface area contributed by atoms with Gasteiger partial charge in [-0.2, -0.15) is 0 Å². The zero-order valence-corrected chi connectivity index (χ0v) is 11.0. The van der Waals surface area contributed by atoms with Crippen LogP contribution in [-0.2, 0) is 4.79 Å². The van der Waals surface area contributed by atoms with Gasteiger partial charge >= 0.3 is 5.97 Å². The number of hydrogen-bond acceptors (Lipinski definition) is 3. The first kappa shape index (κ1) is 13.8. The van der Waals surface area contributed by atoms with E-state index in [1.165, 1.54) is 31.0 Å². The van der Waals surface area contributed by atoms with Crippen molar-refractivity contribution in [2.45, 2.75) is 25.3 Å². The number of carbonyl (C=O) groups is 2. The van der Waals surface area contributed by atoms with E-state index in [9.17, 15) is 9.59 Å². The highest BCUT2D eigenvalue weighted by Crippen LogP contribution is 2.23. The van der Waals surface area contributed by atoms with Gasteiger partial charge < -0.3 is 15.7 Å². The van der Waals surface area contributed by atoms with Crippen molar-refractivity contribution < 1.29 is 14.7 Å². The second kappa shape index (κ2) is 6.04. The van der Waals surface area contributed by atoms with Crippen LogP contribution >= 0.6 is 11.6 Å². The molecule has 0 radical (unpaired) electrons. The molecule has 0 saturated heterocycles. The Balaban J connectivity index is 1.90. The van der Waals surface area contributed by atoms with E-state index in [1.807, 2.05) is 0 Å². The Morgan fingerprint density at radius 2 is 2.11 bits per heavy atom. The van der Waals surface area contributed by atoms with Gasteiger partial charge in [-0.15, -0.1) is 0 Å². The monoisotopic (exact) mass is 282 g/mol. The standard InChI is InChI=1S/C13H15ClN2O3/c14-10-4-1-8(13(18)19)7-11(10)16-12(17)5-6-15-9-2-3-9/h1,4,7,9,15H,2-3,5-6H2,(H,16,17)(H,18,19). The molecule has 1 aliphatic carbocycles. The van der Waals surface area contributed by atoms with Crippen LogP contribution in [0.1, 0.15) is 29.6 Å². The predicted molar refractivity (Wildman–Crippen MR) is 72.7 cm³/mol.